The first-order valence-corrected chi connectivity index (χ1v) is 8.35. The summed E-state index contributed by atoms with van der Waals surface area (Å²) in [6, 6.07) is 8.59. The third-order valence-corrected chi connectivity index (χ3v) is 3.66. The van der Waals surface area contributed by atoms with Crippen molar-refractivity contribution in [3.05, 3.63) is 52.4 Å². The van der Waals surface area contributed by atoms with E-state index in [0.717, 1.165) is 5.56 Å². The molecule has 2 heterocycles. The molecular weight excluding hydrogens is 336 g/mol. The van der Waals surface area contributed by atoms with E-state index in [1.165, 1.54) is 6.26 Å². The fourth-order valence-electron chi connectivity index (χ4n) is 2.42. The molecule has 2 aromatic heterocycles. The van der Waals surface area contributed by atoms with Crippen LogP contribution in [-0.4, -0.2) is 19.2 Å². The number of carbonyl (C=O) groups excluding carboxylic acids is 1. The van der Waals surface area contributed by atoms with Gasteiger partial charge in [-0.1, -0.05) is 19.9 Å². The van der Waals surface area contributed by atoms with Gasteiger partial charge < -0.3 is 18.3 Å². The molecular formula is C20H20O6. The average molecular weight is 356 g/mol. The molecule has 0 aliphatic heterocycles. The van der Waals surface area contributed by atoms with Crippen LogP contribution in [0.1, 0.15) is 19.4 Å². The van der Waals surface area contributed by atoms with Gasteiger partial charge in [-0.15, -0.1) is 0 Å². The van der Waals surface area contributed by atoms with E-state index in [2.05, 4.69) is 0 Å². The Kier molecular flexibility index (Phi) is 5.11. The van der Waals surface area contributed by atoms with E-state index in [-0.39, 0.29) is 29.5 Å². The minimum atomic E-state index is -0.549. The van der Waals surface area contributed by atoms with Gasteiger partial charge in [0.25, 0.3) is 0 Å². The number of esters is 1. The first-order chi connectivity index (χ1) is 12.5. The summed E-state index contributed by atoms with van der Waals surface area (Å²) >= 11 is 0. The van der Waals surface area contributed by atoms with Gasteiger partial charge in [0, 0.05) is 0 Å². The zero-order valence-corrected chi connectivity index (χ0v) is 14.9. The average Bonchev–Trinajstić information content (AvgIpc) is 3.13. The number of fused-ring (bicyclic) bond motifs is 1. The highest BCUT2D eigenvalue weighted by Gasteiger charge is 2.21. The van der Waals surface area contributed by atoms with Gasteiger partial charge in [0.15, 0.2) is 12.4 Å². The number of carbonyl (C=O) groups is 1. The first-order valence-electron chi connectivity index (χ1n) is 8.35. The maximum Gasteiger partial charge on any atom is 0.344 e. The lowest BCUT2D eigenvalue weighted by Gasteiger charge is -2.11. The van der Waals surface area contributed by atoms with Crippen molar-refractivity contribution < 1.29 is 23.1 Å². The van der Waals surface area contributed by atoms with Crippen molar-refractivity contribution in [3.63, 3.8) is 0 Å². The fraction of sp³-hybridized carbons (Fsp3) is 0.300. The zero-order valence-electron chi connectivity index (χ0n) is 14.9. The van der Waals surface area contributed by atoms with Crippen molar-refractivity contribution >= 4 is 16.9 Å². The van der Waals surface area contributed by atoms with Crippen LogP contribution in [0.5, 0.6) is 5.75 Å². The quantitative estimate of drug-likeness (QED) is 0.623. The van der Waals surface area contributed by atoms with Crippen molar-refractivity contribution in [2.75, 3.05) is 13.2 Å². The third kappa shape index (κ3) is 3.79. The predicted molar refractivity (Wildman–Crippen MR) is 96.2 cm³/mol. The van der Waals surface area contributed by atoms with E-state index in [1.54, 1.807) is 24.3 Å². The molecule has 0 unspecified atom stereocenters. The van der Waals surface area contributed by atoms with Crippen LogP contribution in [0.4, 0.5) is 0 Å². The number of rotatable bonds is 6. The van der Waals surface area contributed by atoms with Crippen molar-refractivity contribution in [2.45, 2.75) is 20.8 Å². The maximum atomic E-state index is 12.9. The lowest BCUT2D eigenvalue weighted by atomic mass is 10.1. The topological polar surface area (TPSA) is 78.9 Å². The molecule has 3 aromatic rings. The highest BCUT2D eigenvalue weighted by molar-refractivity contribution is 5.82. The van der Waals surface area contributed by atoms with Gasteiger partial charge in [-0.2, -0.15) is 0 Å². The predicted octanol–water partition coefficient (Wildman–Crippen LogP) is 3.94. The molecule has 0 aliphatic carbocycles. The van der Waals surface area contributed by atoms with E-state index in [0.29, 0.717) is 23.3 Å². The van der Waals surface area contributed by atoms with Crippen molar-refractivity contribution in [1.82, 2.24) is 0 Å². The van der Waals surface area contributed by atoms with Gasteiger partial charge in [-0.25, -0.2) is 4.79 Å². The molecule has 26 heavy (non-hydrogen) atoms. The van der Waals surface area contributed by atoms with E-state index >= 15 is 0 Å². The van der Waals surface area contributed by atoms with Crippen LogP contribution < -0.4 is 10.2 Å². The largest absolute Gasteiger partial charge is 0.474 e. The smallest absolute Gasteiger partial charge is 0.344 e. The van der Waals surface area contributed by atoms with Gasteiger partial charge in [-0.3, -0.25) is 4.79 Å². The molecule has 3 rings (SSSR count). The number of benzene rings is 1. The summed E-state index contributed by atoms with van der Waals surface area (Å²) in [4.78, 5) is 24.7. The van der Waals surface area contributed by atoms with E-state index in [4.69, 9.17) is 18.3 Å². The van der Waals surface area contributed by atoms with Crippen LogP contribution in [0, 0.1) is 12.8 Å². The summed E-state index contributed by atoms with van der Waals surface area (Å²) < 4.78 is 21.8. The van der Waals surface area contributed by atoms with Crippen LogP contribution in [0.25, 0.3) is 22.5 Å². The van der Waals surface area contributed by atoms with Gasteiger partial charge in [0.05, 0.1) is 18.3 Å². The zero-order chi connectivity index (χ0) is 18.7. The van der Waals surface area contributed by atoms with Gasteiger partial charge in [0.2, 0.25) is 16.9 Å². The highest BCUT2D eigenvalue weighted by Crippen LogP contribution is 2.31. The van der Waals surface area contributed by atoms with Crippen LogP contribution in [-0.2, 0) is 9.53 Å². The lowest BCUT2D eigenvalue weighted by molar-refractivity contribution is -0.147. The summed E-state index contributed by atoms with van der Waals surface area (Å²) in [6.07, 6.45) is 1.47. The molecule has 0 fully saturated rings. The third-order valence-electron chi connectivity index (χ3n) is 3.66. The number of ether oxygens (including phenoxy) is 2. The summed E-state index contributed by atoms with van der Waals surface area (Å²) in [5.41, 5.74) is 1.02. The molecule has 0 saturated heterocycles. The Hall–Kier alpha value is -3.02. The van der Waals surface area contributed by atoms with Crippen molar-refractivity contribution in [1.29, 1.82) is 0 Å². The minimum absolute atomic E-state index is 0.0715. The lowest BCUT2D eigenvalue weighted by Crippen LogP contribution is -2.20. The first kappa shape index (κ1) is 17.8. The second kappa shape index (κ2) is 7.47. The van der Waals surface area contributed by atoms with Crippen LogP contribution in [0.3, 0.4) is 0 Å². The Morgan fingerprint density at radius 3 is 2.73 bits per heavy atom. The summed E-state index contributed by atoms with van der Waals surface area (Å²) in [5.74, 6) is 0.0859. The Morgan fingerprint density at radius 2 is 2.04 bits per heavy atom. The number of furan rings is 1. The number of hydrogen-bond acceptors (Lipinski definition) is 6. The summed E-state index contributed by atoms with van der Waals surface area (Å²) in [7, 11) is 0. The van der Waals surface area contributed by atoms with E-state index in [9.17, 15) is 9.59 Å². The van der Waals surface area contributed by atoms with Gasteiger partial charge in [0.1, 0.15) is 5.58 Å². The van der Waals surface area contributed by atoms with E-state index < -0.39 is 5.97 Å². The molecule has 6 nitrogen and oxygen atoms in total. The normalized spacial score (nSPS) is 11.1. The number of hydrogen-bond donors (Lipinski definition) is 0. The van der Waals surface area contributed by atoms with Gasteiger partial charge in [-0.05, 0) is 42.7 Å². The molecule has 136 valence electrons. The molecule has 0 amide bonds. The molecule has 1 aromatic carbocycles. The Balaban J connectivity index is 1.98. The second-order valence-electron chi connectivity index (χ2n) is 6.43. The Bertz CT molecular complexity index is 966. The number of aryl methyl sites for hydroxylation is 1. The standard InChI is InChI=1S/C20H20O6/c1-12(2)10-24-17(21)11-25-20-18(22)14-7-6-13(3)9-16(14)26-19(20)15-5-4-8-23-15/h4-9,12H,10-11H2,1-3H3. The molecule has 0 aliphatic rings. The Morgan fingerprint density at radius 1 is 1.23 bits per heavy atom. The Labute approximate surface area is 150 Å². The van der Waals surface area contributed by atoms with Crippen LogP contribution >= 0.6 is 0 Å². The maximum absolute atomic E-state index is 12.9. The highest BCUT2D eigenvalue weighted by atomic mass is 16.6. The second-order valence-corrected chi connectivity index (χ2v) is 6.43. The van der Waals surface area contributed by atoms with Crippen molar-refractivity contribution in [2.24, 2.45) is 5.92 Å². The minimum Gasteiger partial charge on any atom is -0.474 e. The van der Waals surface area contributed by atoms with E-state index in [1.807, 2.05) is 26.8 Å². The molecule has 0 spiro atoms. The molecule has 0 atom stereocenters. The van der Waals surface area contributed by atoms with Crippen molar-refractivity contribution in [3.8, 4) is 17.3 Å². The summed E-state index contributed by atoms with van der Waals surface area (Å²) in [6.45, 7) is 5.68. The SMILES string of the molecule is Cc1ccc2c(=O)c(OCC(=O)OCC(C)C)c(-c3ccco3)oc2c1. The van der Waals surface area contributed by atoms with Crippen LogP contribution in [0.2, 0.25) is 0 Å². The fourth-order valence-corrected chi connectivity index (χ4v) is 2.42. The molecule has 6 heteroatoms. The molecule has 0 bridgehead atoms. The molecule has 0 saturated carbocycles. The van der Waals surface area contributed by atoms with Crippen LogP contribution in [0.15, 0.2) is 50.2 Å². The van der Waals surface area contributed by atoms with Gasteiger partial charge >= 0.3 is 5.97 Å². The monoisotopic (exact) mass is 356 g/mol. The molecule has 0 N–H and O–H groups in total. The summed E-state index contributed by atoms with van der Waals surface area (Å²) in [5, 5.41) is 0.372. The molecule has 0 radical (unpaired) electrons.